The number of hydrogen-bond acceptors (Lipinski definition) is 4. The molecule has 1 N–H and O–H groups in total. The second kappa shape index (κ2) is 7.97. The molecule has 0 aliphatic carbocycles. The normalized spacial score (nSPS) is 22.4. The number of aromatic nitrogens is 2. The third kappa shape index (κ3) is 3.51. The van der Waals surface area contributed by atoms with Crippen LogP contribution in [0.1, 0.15) is 41.6 Å². The Labute approximate surface area is 195 Å². The van der Waals surface area contributed by atoms with Crippen molar-refractivity contribution in [2.45, 2.75) is 43.9 Å². The molecule has 0 saturated carbocycles. The first kappa shape index (κ1) is 22.6. The van der Waals surface area contributed by atoms with Crippen LogP contribution in [0, 0.1) is 11.7 Å². The lowest BCUT2D eigenvalue weighted by molar-refractivity contribution is -0.143. The average molecular weight is 496 g/mol. The van der Waals surface area contributed by atoms with E-state index in [4.69, 9.17) is 11.6 Å². The van der Waals surface area contributed by atoms with E-state index in [1.54, 1.807) is 0 Å². The SMILES string of the molecule is O=C(O)C1CC2CCC(C1)N2c1nn(C(=O)c2c(Cl)cccc2C(F)(F)F)c2cccc(F)c12. The van der Waals surface area contributed by atoms with Crippen molar-refractivity contribution >= 4 is 40.2 Å². The predicted molar refractivity (Wildman–Crippen MR) is 116 cm³/mol. The number of carboxylic acids is 1. The van der Waals surface area contributed by atoms with E-state index in [1.807, 2.05) is 4.90 Å². The lowest BCUT2D eigenvalue weighted by Crippen LogP contribution is -2.45. The second-order valence-corrected chi connectivity index (χ2v) is 9.04. The van der Waals surface area contributed by atoms with E-state index in [-0.39, 0.29) is 28.8 Å². The van der Waals surface area contributed by atoms with Crippen LogP contribution in [0.15, 0.2) is 36.4 Å². The highest BCUT2D eigenvalue weighted by atomic mass is 35.5. The van der Waals surface area contributed by atoms with Gasteiger partial charge in [0.05, 0.1) is 33.0 Å². The minimum atomic E-state index is -4.84. The Kier molecular flexibility index (Phi) is 5.31. The highest BCUT2D eigenvalue weighted by Crippen LogP contribution is 2.44. The van der Waals surface area contributed by atoms with Gasteiger partial charge in [0.1, 0.15) is 5.82 Å². The Bertz CT molecular complexity index is 1310. The van der Waals surface area contributed by atoms with Gasteiger partial charge in [-0.3, -0.25) is 9.59 Å². The second-order valence-electron chi connectivity index (χ2n) is 8.63. The molecular weight excluding hydrogens is 478 g/mol. The molecule has 0 radical (unpaired) electrons. The maximum atomic E-state index is 15.0. The smallest absolute Gasteiger partial charge is 0.417 e. The number of alkyl halides is 3. The van der Waals surface area contributed by atoms with Gasteiger partial charge in [-0.25, -0.2) is 4.39 Å². The molecule has 5 rings (SSSR count). The van der Waals surface area contributed by atoms with Crippen LogP contribution in [-0.4, -0.2) is 38.8 Å². The zero-order valence-electron chi connectivity index (χ0n) is 17.5. The predicted octanol–water partition coefficient (Wildman–Crippen LogP) is 5.37. The summed E-state index contributed by atoms with van der Waals surface area (Å²) in [4.78, 5) is 26.7. The molecule has 34 heavy (non-hydrogen) atoms. The van der Waals surface area contributed by atoms with Crippen LogP contribution >= 0.6 is 11.6 Å². The molecule has 2 aromatic carbocycles. The number of carbonyl (C=O) groups excluding carboxylic acids is 1. The van der Waals surface area contributed by atoms with Crippen molar-refractivity contribution in [2.75, 3.05) is 4.90 Å². The van der Waals surface area contributed by atoms with Gasteiger partial charge < -0.3 is 10.0 Å². The first-order valence-corrected chi connectivity index (χ1v) is 11.0. The van der Waals surface area contributed by atoms with Crippen molar-refractivity contribution in [3.8, 4) is 0 Å². The Morgan fingerprint density at radius 3 is 2.32 bits per heavy atom. The zero-order valence-corrected chi connectivity index (χ0v) is 18.3. The number of carbonyl (C=O) groups is 2. The number of rotatable bonds is 3. The van der Waals surface area contributed by atoms with E-state index < -0.39 is 45.9 Å². The van der Waals surface area contributed by atoms with E-state index in [0.717, 1.165) is 16.8 Å². The largest absolute Gasteiger partial charge is 0.481 e. The molecule has 3 aromatic rings. The molecule has 0 spiro atoms. The Hall–Kier alpha value is -3.14. The molecule has 2 unspecified atom stereocenters. The summed E-state index contributed by atoms with van der Waals surface area (Å²) in [6.45, 7) is 0. The molecular formula is C23H18ClF4N3O3. The topological polar surface area (TPSA) is 75.4 Å². The molecule has 2 aliphatic heterocycles. The molecule has 2 atom stereocenters. The van der Waals surface area contributed by atoms with Gasteiger partial charge >= 0.3 is 12.1 Å². The molecule has 2 aliphatic rings. The summed E-state index contributed by atoms with van der Waals surface area (Å²) < 4.78 is 56.7. The molecule has 1 aromatic heterocycles. The lowest BCUT2D eigenvalue weighted by atomic mass is 9.90. The first-order chi connectivity index (χ1) is 16.1. The van der Waals surface area contributed by atoms with E-state index in [9.17, 15) is 27.9 Å². The number of halogens is 5. The average Bonchev–Trinajstić information content (AvgIpc) is 3.27. The third-order valence-corrected chi connectivity index (χ3v) is 7.01. The number of piperidine rings is 1. The summed E-state index contributed by atoms with van der Waals surface area (Å²) in [6.07, 6.45) is -2.82. The summed E-state index contributed by atoms with van der Waals surface area (Å²) >= 11 is 6.02. The number of benzene rings is 2. The summed E-state index contributed by atoms with van der Waals surface area (Å²) in [5.41, 5.74) is -1.98. The summed E-state index contributed by atoms with van der Waals surface area (Å²) in [7, 11) is 0. The summed E-state index contributed by atoms with van der Waals surface area (Å²) in [5, 5.41) is 13.4. The Morgan fingerprint density at radius 1 is 1.06 bits per heavy atom. The third-order valence-electron chi connectivity index (χ3n) is 6.69. The van der Waals surface area contributed by atoms with Crippen LogP contribution in [0.25, 0.3) is 10.9 Å². The van der Waals surface area contributed by atoms with Crippen molar-refractivity contribution in [1.29, 1.82) is 0 Å². The van der Waals surface area contributed by atoms with E-state index in [2.05, 4.69) is 5.10 Å². The van der Waals surface area contributed by atoms with Crippen molar-refractivity contribution in [2.24, 2.45) is 5.92 Å². The number of hydrogen-bond donors (Lipinski definition) is 1. The highest BCUT2D eigenvalue weighted by Gasteiger charge is 2.45. The fourth-order valence-corrected chi connectivity index (χ4v) is 5.51. The zero-order chi connectivity index (χ0) is 24.4. The van der Waals surface area contributed by atoms with Crippen molar-refractivity contribution in [1.82, 2.24) is 9.78 Å². The van der Waals surface area contributed by atoms with Gasteiger partial charge in [-0.15, -0.1) is 5.10 Å². The number of nitrogens with zero attached hydrogens (tertiary/aromatic N) is 3. The van der Waals surface area contributed by atoms with Crippen LogP contribution in [0.5, 0.6) is 0 Å². The fraction of sp³-hybridized carbons (Fsp3) is 0.348. The lowest BCUT2D eigenvalue weighted by Gasteiger charge is -2.38. The number of aliphatic carboxylic acids is 1. The standard InChI is InChI=1S/C23H18ClF4N3O3/c24-15-4-1-3-14(23(26,27)28)18(15)21(32)31-17-6-2-5-16(25)19(17)20(29-31)30-12-7-8-13(30)10-11(9-12)22(33)34/h1-6,11-13H,7-10H2,(H,33,34). The molecule has 2 bridgehead atoms. The van der Waals surface area contributed by atoms with E-state index in [1.165, 1.54) is 24.3 Å². The maximum absolute atomic E-state index is 15.0. The highest BCUT2D eigenvalue weighted by molar-refractivity contribution is 6.34. The van der Waals surface area contributed by atoms with Crippen LogP contribution in [0.4, 0.5) is 23.4 Å². The molecule has 2 fully saturated rings. The fourth-order valence-electron chi connectivity index (χ4n) is 5.25. The van der Waals surface area contributed by atoms with Gasteiger partial charge in [-0.1, -0.05) is 23.7 Å². The van der Waals surface area contributed by atoms with Crippen LogP contribution in [0.3, 0.4) is 0 Å². The van der Waals surface area contributed by atoms with Gasteiger partial charge in [0.25, 0.3) is 5.91 Å². The number of anilines is 1. The van der Waals surface area contributed by atoms with Crippen LogP contribution in [0.2, 0.25) is 5.02 Å². The monoisotopic (exact) mass is 495 g/mol. The molecule has 178 valence electrons. The number of fused-ring (bicyclic) bond motifs is 3. The van der Waals surface area contributed by atoms with Gasteiger partial charge in [0.15, 0.2) is 5.82 Å². The minimum absolute atomic E-state index is 0.00198. The molecule has 11 heteroatoms. The van der Waals surface area contributed by atoms with E-state index >= 15 is 4.39 Å². The quantitative estimate of drug-likeness (QED) is 0.495. The van der Waals surface area contributed by atoms with E-state index in [0.29, 0.717) is 25.7 Å². The molecule has 3 heterocycles. The summed E-state index contributed by atoms with van der Waals surface area (Å²) in [6, 6.07) is 6.50. The Morgan fingerprint density at radius 2 is 1.71 bits per heavy atom. The first-order valence-electron chi connectivity index (χ1n) is 10.7. The van der Waals surface area contributed by atoms with Gasteiger partial charge in [-0.05, 0) is 49.9 Å². The number of carboxylic acid groups (broad SMARTS) is 1. The van der Waals surface area contributed by atoms with Gasteiger partial charge in [0, 0.05) is 12.1 Å². The minimum Gasteiger partial charge on any atom is -0.481 e. The molecule has 0 amide bonds. The van der Waals surface area contributed by atoms with Gasteiger partial charge in [-0.2, -0.15) is 17.9 Å². The summed E-state index contributed by atoms with van der Waals surface area (Å²) in [5.74, 6) is -3.12. The molecule has 6 nitrogen and oxygen atoms in total. The van der Waals surface area contributed by atoms with Crippen LogP contribution in [-0.2, 0) is 11.0 Å². The Balaban J connectivity index is 1.66. The van der Waals surface area contributed by atoms with Crippen molar-refractivity contribution in [3.63, 3.8) is 0 Å². The molecule has 2 saturated heterocycles. The van der Waals surface area contributed by atoms with Gasteiger partial charge in [0.2, 0.25) is 0 Å². The van der Waals surface area contributed by atoms with Crippen molar-refractivity contribution in [3.05, 3.63) is 58.4 Å². The van der Waals surface area contributed by atoms with Crippen LogP contribution < -0.4 is 4.90 Å². The van der Waals surface area contributed by atoms with Crippen molar-refractivity contribution < 1.29 is 32.3 Å². The maximum Gasteiger partial charge on any atom is 0.417 e.